The largest absolute Gasteiger partial charge is 0.433 e. The number of rotatable bonds is 3. The van der Waals surface area contributed by atoms with Crippen LogP contribution in [0.3, 0.4) is 0 Å². The van der Waals surface area contributed by atoms with Crippen LogP contribution in [-0.4, -0.2) is 23.1 Å². The molecule has 0 aliphatic carbocycles. The molecule has 0 unspecified atom stereocenters. The lowest BCUT2D eigenvalue weighted by atomic mass is 10.3. The normalized spacial score (nSPS) is 10.5. The number of nitrogens with two attached hydrogens (primary N) is 1. The van der Waals surface area contributed by atoms with E-state index >= 15 is 0 Å². The fourth-order valence-corrected chi connectivity index (χ4v) is 1.15. The Bertz CT molecular complexity index is 497. The highest BCUT2D eigenvalue weighted by Crippen LogP contribution is 2.29. The van der Waals surface area contributed by atoms with E-state index in [1.165, 1.54) is 0 Å². The fraction of sp³-hybridized carbons (Fsp3) is 0.333. The van der Waals surface area contributed by atoms with Gasteiger partial charge in [0, 0.05) is 6.07 Å². The van der Waals surface area contributed by atoms with Gasteiger partial charge in [0.25, 0.3) is 0 Å². The molecule has 0 aromatic carbocycles. The molecule has 0 aliphatic rings. The molecule has 0 radical (unpaired) electrons. The molecular formula is C9H7F3N6. The molecule has 1 aromatic heterocycles. The molecule has 0 amide bonds. The number of nitriles is 2. The maximum absolute atomic E-state index is 12.5. The van der Waals surface area contributed by atoms with Gasteiger partial charge in [0.2, 0.25) is 5.95 Å². The second kappa shape index (κ2) is 5.19. The van der Waals surface area contributed by atoms with Gasteiger partial charge in [-0.1, -0.05) is 0 Å². The summed E-state index contributed by atoms with van der Waals surface area (Å²) in [6.07, 6.45) is -4.67. The van der Waals surface area contributed by atoms with Crippen molar-refractivity contribution in [3.05, 3.63) is 11.8 Å². The van der Waals surface area contributed by atoms with E-state index in [1.807, 2.05) is 0 Å². The number of nitrogens with zero attached hydrogens (tertiary/aromatic N) is 5. The van der Waals surface area contributed by atoms with E-state index in [4.69, 9.17) is 16.3 Å². The van der Waals surface area contributed by atoms with Gasteiger partial charge in [-0.05, 0) is 0 Å². The summed E-state index contributed by atoms with van der Waals surface area (Å²) in [5.74, 6) is -0.779. The van der Waals surface area contributed by atoms with Crippen LogP contribution in [0.4, 0.5) is 24.9 Å². The third-order valence-electron chi connectivity index (χ3n) is 1.87. The summed E-state index contributed by atoms with van der Waals surface area (Å²) >= 11 is 0. The zero-order valence-corrected chi connectivity index (χ0v) is 8.94. The lowest BCUT2D eigenvalue weighted by molar-refractivity contribution is -0.141. The van der Waals surface area contributed by atoms with Crippen LogP contribution in [0.5, 0.6) is 0 Å². The Labute approximate surface area is 100 Å². The quantitative estimate of drug-likeness (QED) is 0.807. The van der Waals surface area contributed by atoms with Gasteiger partial charge in [-0.2, -0.15) is 28.7 Å². The van der Waals surface area contributed by atoms with E-state index in [2.05, 4.69) is 9.97 Å². The van der Waals surface area contributed by atoms with Crippen LogP contribution in [0.1, 0.15) is 5.69 Å². The summed E-state index contributed by atoms with van der Waals surface area (Å²) in [5.41, 5.74) is 3.95. The van der Waals surface area contributed by atoms with E-state index in [9.17, 15) is 13.2 Å². The van der Waals surface area contributed by atoms with Crippen molar-refractivity contribution in [3.63, 3.8) is 0 Å². The van der Waals surface area contributed by atoms with Crippen molar-refractivity contribution < 1.29 is 13.2 Å². The number of aromatic nitrogens is 2. The van der Waals surface area contributed by atoms with E-state index in [-0.39, 0.29) is 18.9 Å². The molecule has 0 fully saturated rings. The molecule has 0 atom stereocenters. The van der Waals surface area contributed by atoms with Gasteiger partial charge in [0.15, 0.2) is 5.69 Å². The molecule has 18 heavy (non-hydrogen) atoms. The highest BCUT2D eigenvalue weighted by Gasteiger charge is 2.34. The molecule has 0 saturated heterocycles. The molecule has 0 spiro atoms. The van der Waals surface area contributed by atoms with Crippen molar-refractivity contribution in [1.82, 2.24) is 9.97 Å². The Balaban J connectivity index is 3.20. The molecule has 6 nitrogen and oxygen atoms in total. The lowest BCUT2D eigenvalue weighted by Crippen LogP contribution is -2.26. The summed E-state index contributed by atoms with van der Waals surface area (Å²) in [6.45, 7) is -0.553. The van der Waals surface area contributed by atoms with Crippen molar-refractivity contribution in [2.45, 2.75) is 6.18 Å². The topological polar surface area (TPSA) is 103 Å². The fourth-order valence-electron chi connectivity index (χ4n) is 1.15. The summed E-state index contributed by atoms with van der Waals surface area (Å²) in [5, 5.41) is 17.1. The maximum atomic E-state index is 12.5. The first kappa shape index (κ1) is 13.5. The zero-order valence-electron chi connectivity index (χ0n) is 8.94. The lowest BCUT2D eigenvalue weighted by Gasteiger charge is -2.18. The Morgan fingerprint density at radius 3 is 2.22 bits per heavy atom. The monoisotopic (exact) mass is 256 g/mol. The minimum Gasteiger partial charge on any atom is -0.368 e. The average molecular weight is 256 g/mol. The first-order valence-electron chi connectivity index (χ1n) is 4.59. The maximum Gasteiger partial charge on any atom is 0.433 e. The Hall–Kier alpha value is -2.55. The third kappa shape index (κ3) is 3.22. The summed E-state index contributed by atoms with van der Waals surface area (Å²) in [7, 11) is 0. The van der Waals surface area contributed by atoms with Gasteiger partial charge in [-0.3, -0.25) is 0 Å². The molecule has 0 bridgehead atoms. The van der Waals surface area contributed by atoms with Gasteiger partial charge in [-0.25, -0.2) is 4.98 Å². The SMILES string of the molecule is N#CCN(CC#N)c1cc(C(F)(F)F)nc(N)n1. The minimum atomic E-state index is -4.67. The van der Waals surface area contributed by atoms with E-state index in [0.717, 1.165) is 4.90 Å². The second-order valence-corrected chi connectivity index (χ2v) is 3.14. The number of nitrogen functional groups attached to an aromatic ring is 1. The summed E-state index contributed by atoms with van der Waals surface area (Å²) < 4.78 is 37.5. The number of anilines is 2. The van der Waals surface area contributed by atoms with Gasteiger partial charge >= 0.3 is 6.18 Å². The molecule has 0 saturated carbocycles. The standard InChI is InChI=1S/C9H7F3N6/c10-9(11,12)6-5-7(17-8(15)16-6)18(3-1-13)4-2-14/h5H,3-4H2,(H2,15,16,17). The van der Waals surface area contributed by atoms with Gasteiger partial charge in [0.05, 0.1) is 12.1 Å². The van der Waals surface area contributed by atoms with Crippen molar-refractivity contribution in [2.75, 3.05) is 23.7 Å². The number of halogens is 3. The molecule has 2 N–H and O–H groups in total. The smallest absolute Gasteiger partial charge is 0.368 e. The van der Waals surface area contributed by atoms with Crippen molar-refractivity contribution in [3.8, 4) is 12.1 Å². The minimum absolute atomic E-state index is 0.210. The summed E-state index contributed by atoms with van der Waals surface area (Å²) in [6, 6.07) is 4.09. The molecular weight excluding hydrogens is 249 g/mol. The molecule has 0 aliphatic heterocycles. The van der Waals surface area contributed by atoms with Crippen LogP contribution in [-0.2, 0) is 6.18 Å². The number of alkyl halides is 3. The van der Waals surface area contributed by atoms with Crippen molar-refractivity contribution in [2.24, 2.45) is 0 Å². The molecule has 9 heteroatoms. The van der Waals surface area contributed by atoms with E-state index < -0.39 is 17.8 Å². The van der Waals surface area contributed by atoms with Crippen LogP contribution < -0.4 is 10.6 Å². The molecule has 1 rings (SSSR count). The number of hydrogen-bond donors (Lipinski definition) is 1. The van der Waals surface area contributed by atoms with E-state index in [1.54, 1.807) is 12.1 Å². The Morgan fingerprint density at radius 1 is 1.22 bits per heavy atom. The number of hydrogen-bond acceptors (Lipinski definition) is 6. The highest BCUT2D eigenvalue weighted by atomic mass is 19.4. The van der Waals surface area contributed by atoms with Gasteiger partial charge < -0.3 is 10.6 Å². The van der Waals surface area contributed by atoms with Crippen LogP contribution in [0.25, 0.3) is 0 Å². The van der Waals surface area contributed by atoms with Crippen LogP contribution in [0.15, 0.2) is 6.07 Å². The molecule has 1 aromatic rings. The predicted molar refractivity (Wildman–Crippen MR) is 54.9 cm³/mol. The Morgan fingerprint density at radius 2 is 1.78 bits per heavy atom. The van der Waals surface area contributed by atoms with Crippen molar-refractivity contribution in [1.29, 1.82) is 10.5 Å². The third-order valence-corrected chi connectivity index (χ3v) is 1.87. The van der Waals surface area contributed by atoms with Gasteiger partial charge in [-0.15, -0.1) is 0 Å². The van der Waals surface area contributed by atoms with E-state index in [0.29, 0.717) is 6.07 Å². The second-order valence-electron chi connectivity index (χ2n) is 3.14. The van der Waals surface area contributed by atoms with Crippen molar-refractivity contribution >= 4 is 11.8 Å². The predicted octanol–water partition coefficient (Wildman–Crippen LogP) is 0.931. The average Bonchev–Trinajstić information content (AvgIpc) is 2.27. The summed E-state index contributed by atoms with van der Waals surface area (Å²) in [4.78, 5) is 7.69. The first-order valence-corrected chi connectivity index (χ1v) is 4.59. The molecule has 1 heterocycles. The molecule has 94 valence electrons. The van der Waals surface area contributed by atoms with Gasteiger partial charge in [0.1, 0.15) is 18.9 Å². The Kier molecular flexibility index (Phi) is 3.89. The zero-order chi connectivity index (χ0) is 13.8. The first-order chi connectivity index (χ1) is 8.38. The van der Waals surface area contributed by atoms with Crippen LogP contribution >= 0.6 is 0 Å². The van der Waals surface area contributed by atoms with Crippen LogP contribution in [0, 0.1) is 22.7 Å². The van der Waals surface area contributed by atoms with Crippen LogP contribution in [0.2, 0.25) is 0 Å². The highest BCUT2D eigenvalue weighted by molar-refractivity contribution is 5.45.